The Bertz CT molecular complexity index is 267. The molecule has 0 bridgehead atoms. The Hall–Kier alpha value is -0.160. The van der Waals surface area contributed by atoms with Gasteiger partial charge in [0.15, 0.2) is 0 Å². The number of rotatable bonds is 5. The minimum Gasteiger partial charge on any atom is -0.381 e. The Kier molecular flexibility index (Phi) is 4.64. The smallest absolute Gasteiger partial charge is 0.0777 e. The first-order chi connectivity index (χ1) is 8.61. The maximum Gasteiger partial charge on any atom is 0.0777 e. The van der Waals surface area contributed by atoms with Gasteiger partial charge in [0, 0.05) is 38.8 Å². The van der Waals surface area contributed by atoms with Gasteiger partial charge in [0.05, 0.1) is 12.2 Å². The van der Waals surface area contributed by atoms with Crippen LogP contribution in [0.3, 0.4) is 0 Å². The molecule has 0 amide bonds. The zero-order valence-corrected chi connectivity index (χ0v) is 12.1. The molecule has 2 aliphatic rings. The summed E-state index contributed by atoms with van der Waals surface area (Å²) >= 11 is 0. The maximum atomic E-state index is 5.68. The Balaban J connectivity index is 1.94. The predicted molar refractivity (Wildman–Crippen MR) is 72.9 cm³/mol. The van der Waals surface area contributed by atoms with Crippen molar-refractivity contribution in [1.82, 2.24) is 10.2 Å². The van der Waals surface area contributed by atoms with E-state index in [1.807, 2.05) is 14.2 Å². The molecule has 0 aromatic heterocycles. The number of ether oxygens (including phenoxy) is 2. The van der Waals surface area contributed by atoms with E-state index in [1.54, 1.807) is 0 Å². The van der Waals surface area contributed by atoms with E-state index in [-0.39, 0.29) is 5.60 Å². The number of hydrogen-bond donors (Lipinski definition) is 1. The van der Waals surface area contributed by atoms with E-state index in [9.17, 15) is 0 Å². The van der Waals surface area contributed by atoms with Gasteiger partial charge in [-0.05, 0) is 39.8 Å². The van der Waals surface area contributed by atoms with Crippen LogP contribution in [-0.2, 0) is 9.47 Å². The average molecular weight is 256 g/mol. The molecule has 2 unspecified atom stereocenters. The van der Waals surface area contributed by atoms with Crippen LogP contribution in [0.5, 0.6) is 0 Å². The fourth-order valence-electron chi connectivity index (χ4n) is 3.43. The summed E-state index contributed by atoms with van der Waals surface area (Å²) in [5.41, 5.74) is 0.347. The molecule has 2 saturated heterocycles. The van der Waals surface area contributed by atoms with Crippen LogP contribution in [0.4, 0.5) is 0 Å². The number of nitrogens with zero attached hydrogens (tertiary/aromatic N) is 1. The van der Waals surface area contributed by atoms with Gasteiger partial charge in [-0.1, -0.05) is 0 Å². The highest BCUT2D eigenvalue weighted by Crippen LogP contribution is 2.32. The summed E-state index contributed by atoms with van der Waals surface area (Å²) in [6.45, 7) is 8.47. The van der Waals surface area contributed by atoms with Crippen molar-refractivity contribution in [2.24, 2.45) is 5.41 Å². The SMILES string of the molecule is CNCC1(CN2CCCC(C)(OC)C2)CCOC1. The molecule has 18 heavy (non-hydrogen) atoms. The second-order valence-electron chi connectivity index (χ2n) is 6.30. The molecule has 0 saturated carbocycles. The third-order valence-corrected chi connectivity index (χ3v) is 4.53. The fourth-order valence-corrected chi connectivity index (χ4v) is 3.43. The van der Waals surface area contributed by atoms with Gasteiger partial charge in [-0.15, -0.1) is 0 Å². The normalized spacial score (nSPS) is 38.2. The number of nitrogens with one attached hydrogen (secondary N) is 1. The summed E-state index contributed by atoms with van der Waals surface area (Å²) in [5.74, 6) is 0. The Morgan fingerprint density at radius 1 is 1.39 bits per heavy atom. The summed E-state index contributed by atoms with van der Waals surface area (Å²) < 4.78 is 11.3. The van der Waals surface area contributed by atoms with Gasteiger partial charge in [0.25, 0.3) is 0 Å². The van der Waals surface area contributed by atoms with E-state index in [2.05, 4.69) is 17.1 Å². The lowest BCUT2D eigenvalue weighted by Crippen LogP contribution is -2.52. The van der Waals surface area contributed by atoms with E-state index in [4.69, 9.17) is 9.47 Å². The van der Waals surface area contributed by atoms with Gasteiger partial charge in [-0.3, -0.25) is 4.90 Å². The van der Waals surface area contributed by atoms with Crippen LogP contribution in [0.1, 0.15) is 26.2 Å². The summed E-state index contributed by atoms with van der Waals surface area (Å²) in [4.78, 5) is 2.57. The molecule has 0 aromatic carbocycles. The molecule has 2 atom stereocenters. The van der Waals surface area contributed by atoms with Crippen LogP contribution in [0, 0.1) is 5.41 Å². The molecule has 2 aliphatic heterocycles. The number of methoxy groups -OCH3 is 1. The van der Waals surface area contributed by atoms with Crippen molar-refractivity contribution in [3.8, 4) is 0 Å². The van der Waals surface area contributed by atoms with Gasteiger partial charge in [-0.2, -0.15) is 0 Å². The Morgan fingerprint density at radius 2 is 2.22 bits per heavy atom. The summed E-state index contributed by atoms with van der Waals surface area (Å²) in [7, 11) is 3.88. The first-order valence-corrected chi connectivity index (χ1v) is 7.11. The van der Waals surface area contributed by atoms with E-state index in [1.165, 1.54) is 25.8 Å². The summed E-state index contributed by atoms with van der Waals surface area (Å²) in [5, 5.41) is 3.34. The van der Waals surface area contributed by atoms with Crippen LogP contribution in [0.15, 0.2) is 0 Å². The van der Waals surface area contributed by atoms with Crippen molar-refractivity contribution in [2.45, 2.75) is 31.8 Å². The van der Waals surface area contributed by atoms with Gasteiger partial charge in [0.2, 0.25) is 0 Å². The molecule has 2 fully saturated rings. The molecule has 0 aliphatic carbocycles. The molecule has 0 aromatic rings. The van der Waals surface area contributed by atoms with Crippen molar-refractivity contribution >= 4 is 0 Å². The maximum absolute atomic E-state index is 5.68. The largest absolute Gasteiger partial charge is 0.381 e. The van der Waals surface area contributed by atoms with E-state index < -0.39 is 0 Å². The van der Waals surface area contributed by atoms with Gasteiger partial charge < -0.3 is 14.8 Å². The fraction of sp³-hybridized carbons (Fsp3) is 1.00. The molecule has 0 spiro atoms. The molecule has 4 heteroatoms. The highest BCUT2D eigenvalue weighted by atomic mass is 16.5. The zero-order chi connectivity index (χ0) is 13.1. The van der Waals surface area contributed by atoms with Crippen LogP contribution in [0.2, 0.25) is 0 Å². The lowest BCUT2D eigenvalue weighted by Gasteiger charge is -2.43. The van der Waals surface area contributed by atoms with Gasteiger partial charge in [0.1, 0.15) is 0 Å². The third kappa shape index (κ3) is 3.23. The molecule has 106 valence electrons. The molecule has 1 N–H and O–H groups in total. The van der Waals surface area contributed by atoms with Crippen molar-refractivity contribution in [3.05, 3.63) is 0 Å². The number of hydrogen-bond acceptors (Lipinski definition) is 4. The van der Waals surface area contributed by atoms with Gasteiger partial charge >= 0.3 is 0 Å². The molecule has 0 radical (unpaired) electrons. The Morgan fingerprint density at radius 3 is 2.83 bits per heavy atom. The van der Waals surface area contributed by atoms with Crippen LogP contribution in [0.25, 0.3) is 0 Å². The predicted octanol–water partition coefficient (Wildman–Crippen LogP) is 1.11. The second-order valence-corrected chi connectivity index (χ2v) is 6.30. The highest BCUT2D eigenvalue weighted by molar-refractivity contribution is 4.92. The van der Waals surface area contributed by atoms with Crippen molar-refractivity contribution in [3.63, 3.8) is 0 Å². The lowest BCUT2D eigenvalue weighted by atomic mass is 9.84. The van der Waals surface area contributed by atoms with E-state index in [0.29, 0.717) is 5.41 Å². The lowest BCUT2D eigenvalue weighted by molar-refractivity contribution is -0.0597. The molecule has 2 rings (SSSR count). The minimum atomic E-state index is 0.0402. The van der Waals surface area contributed by atoms with Crippen molar-refractivity contribution in [2.75, 3.05) is 53.6 Å². The number of likely N-dealkylation sites (tertiary alicyclic amines) is 1. The van der Waals surface area contributed by atoms with E-state index >= 15 is 0 Å². The minimum absolute atomic E-state index is 0.0402. The molecular weight excluding hydrogens is 228 g/mol. The van der Waals surface area contributed by atoms with Crippen LogP contribution >= 0.6 is 0 Å². The summed E-state index contributed by atoms with van der Waals surface area (Å²) in [6.07, 6.45) is 3.59. The van der Waals surface area contributed by atoms with Crippen molar-refractivity contribution < 1.29 is 9.47 Å². The quantitative estimate of drug-likeness (QED) is 0.799. The molecular formula is C14H28N2O2. The topological polar surface area (TPSA) is 33.7 Å². The number of piperidine rings is 1. The first kappa shape index (κ1) is 14.3. The van der Waals surface area contributed by atoms with Crippen molar-refractivity contribution in [1.29, 1.82) is 0 Å². The van der Waals surface area contributed by atoms with Crippen LogP contribution < -0.4 is 5.32 Å². The highest BCUT2D eigenvalue weighted by Gasteiger charge is 2.39. The van der Waals surface area contributed by atoms with Gasteiger partial charge in [-0.25, -0.2) is 0 Å². The third-order valence-electron chi connectivity index (χ3n) is 4.53. The second kappa shape index (κ2) is 5.87. The monoisotopic (exact) mass is 256 g/mol. The summed E-state index contributed by atoms with van der Waals surface area (Å²) in [6, 6.07) is 0. The van der Waals surface area contributed by atoms with E-state index in [0.717, 1.165) is 32.8 Å². The Labute approximate surface area is 111 Å². The van der Waals surface area contributed by atoms with Crippen LogP contribution in [-0.4, -0.2) is 64.1 Å². The standard InChI is InChI=1S/C14H28N2O2/c1-13(17-3)5-4-7-16(10-13)11-14(9-15-2)6-8-18-12-14/h15H,4-12H2,1-3H3. The molecule has 2 heterocycles. The molecule has 4 nitrogen and oxygen atoms in total. The first-order valence-electron chi connectivity index (χ1n) is 7.11. The zero-order valence-electron chi connectivity index (χ0n) is 12.1. The average Bonchev–Trinajstić information content (AvgIpc) is 2.78.